The van der Waals surface area contributed by atoms with E-state index in [-0.39, 0.29) is 20.6 Å². The number of carbonyl (C=O) groups excluding carboxylic acids is 1. The van der Waals surface area contributed by atoms with Gasteiger partial charge in [-0.3, -0.25) is 9.10 Å². The average Bonchev–Trinajstić information content (AvgIpc) is 2.84. The van der Waals surface area contributed by atoms with Gasteiger partial charge in [-0.15, -0.1) is 0 Å². The number of nitrogens with one attached hydrogen (secondary N) is 1. The highest BCUT2D eigenvalue weighted by molar-refractivity contribution is 7.92. The highest BCUT2D eigenvalue weighted by Crippen LogP contribution is 2.35. The van der Waals surface area contributed by atoms with Gasteiger partial charge in [-0.05, 0) is 55.7 Å². The van der Waals surface area contributed by atoms with Gasteiger partial charge in [0, 0.05) is 6.54 Å². The van der Waals surface area contributed by atoms with Gasteiger partial charge < -0.3 is 10.1 Å². The van der Waals surface area contributed by atoms with Crippen LogP contribution in [0, 0.1) is 0 Å². The van der Waals surface area contributed by atoms with Gasteiger partial charge in [0.2, 0.25) is 5.91 Å². The minimum atomic E-state index is -4.06. The quantitative estimate of drug-likeness (QED) is 0.346. The van der Waals surface area contributed by atoms with Gasteiger partial charge in [0.15, 0.2) is 0 Å². The smallest absolute Gasteiger partial charge is 0.264 e. The summed E-state index contributed by atoms with van der Waals surface area (Å²) in [6, 6.07) is 20.3. The summed E-state index contributed by atoms with van der Waals surface area (Å²) in [7, 11) is -4.06. The van der Waals surface area contributed by atoms with Gasteiger partial charge in [0.05, 0.1) is 27.2 Å². The third kappa shape index (κ3) is 6.44. The zero-order valence-electron chi connectivity index (χ0n) is 18.7. The third-order valence-corrected chi connectivity index (χ3v) is 7.62. The molecule has 180 valence electrons. The Bertz CT molecular complexity index is 1220. The molecule has 0 saturated heterocycles. The summed E-state index contributed by atoms with van der Waals surface area (Å²) >= 11 is 12.4. The fraction of sp³-hybridized carbons (Fsp3) is 0.240. The first-order chi connectivity index (χ1) is 16.3. The van der Waals surface area contributed by atoms with E-state index in [9.17, 15) is 13.2 Å². The number of benzene rings is 3. The van der Waals surface area contributed by atoms with Crippen molar-refractivity contribution in [2.75, 3.05) is 24.0 Å². The molecule has 1 amide bonds. The first-order valence-corrected chi connectivity index (χ1v) is 13.0. The highest BCUT2D eigenvalue weighted by atomic mass is 35.5. The monoisotopic (exact) mass is 520 g/mol. The van der Waals surface area contributed by atoms with E-state index in [1.165, 1.54) is 18.2 Å². The molecular weight excluding hydrogens is 495 g/mol. The molecule has 0 aliphatic rings. The Balaban J connectivity index is 1.72. The molecule has 3 rings (SSSR count). The standard InChI is InChI=1S/C25H26Cl2N2O4S/c1-2-33-23-16-7-6-10-19(23)11-9-17-28-24(30)18-29(22-15-8-14-21(26)25(22)27)34(31,32)20-12-4-3-5-13-20/h3-8,10,12-16H,2,9,11,17-18H2,1H3,(H,28,30). The molecule has 0 aliphatic carbocycles. The van der Waals surface area contributed by atoms with Crippen LogP contribution in [0.15, 0.2) is 77.7 Å². The lowest BCUT2D eigenvalue weighted by Crippen LogP contribution is -2.41. The SMILES string of the molecule is CCOc1ccccc1CCCNC(=O)CN(c1cccc(Cl)c1Cl)S(=O)(=O)c1ccccc1. The van der Waals surface area contributed by atoms with Crippen molar-refractivity contribution in [1.82, 2.24) is 5.32 Å². The Labute approximate surface area is 210 Å². The first-order valence-electron chi connectivity index (χ1n) is 10.8. The lowest BCUT2D eigenvalue weighted by atomic mass is 10.1. The molecule has 0 fully saturated rings. The van der Waals surface area contributed by atoms with E-state index >= 15 is 0 Å². The topological polar surface area (TPSA) is 75.7 Å². The van der Waals surface area contributed by atoms with Crippen molar-refractivity contribution in [3.8, 4) is 5.75 Å². The number of carbonyl (C=O) groups is 1. The van der Waals surface area contributed by atoms with Gasteiger partial charge in [-0.25, -0.2) is 8.42 Å². The number of halogens is 2. The second-order valence-corrected chi connectivity index (χ2v) is 10.0. The van der Waals surface area contributed by atoms with Gasteiger partial charge >= 0.3 is 0 Å². The van der Waals surface area contributed by atoms with Crippen molar-refractivity contribution in [3.63, 3.8) is 0 Å². The molecule has 0 heterocycles. The number of hydrogen-bond acceptors (Lipinski definition) is 4. The lowest BCUT2D eigenvalue weighted by molar-refractivity contribution is -0.119. The van der Waals surface area contributed by atoms with Crippen molar-refractivity contribution < 1.29 is 17.9 Å². The minimum Gasteiger partial charge on any atom is -0.494 e. The first kappa shape index (κ1) is 25.9. The van der Waals surface area contributed by atoms with Crippen LogP contribution in [0.2, 0.25) is 10.0 Å². The summed E-state index contributed by atoms with van der Waals surface area (Å²) in [6.45, 7) is 2.44. The van der Waals surface area contributed by atoms with Gasteiger partial charge in [0.1, 0.15) is 12.3 Å². The van der Waals surface area contributed by atoms with Crippen LogP contribution < -0.4 is 14.4 Å². The molecule has 0 spiro atoms. The Morgan fingerprint density at radius 3 is 2.41 bits per heavy atom. The number of hydrogen-bond donors (Lipinski definition) is 1. The molecule has 6 nitrogen and oxygen atoms in total. The third-order valence-electron chi connectivity index (χ3n) is 5.04. The van der Waals surface area contributed by atoms with E-state index in [4.69, 9.17) is 27.9 Å². The fourth-order valence-electron chi connectivity index (χ4n) is 3.40. The molecule has 34 heavy (non-hydrogen) atoms. The van der Waals surface area contributed by atoms with Crippen LogP contribution in [0.5, 0.6) is 5.75 Å². The summed E-state index contributed by atoms with van der Waals surface area (Å²) in [4.78, 5) is 12.8. The van der Waals surface area contributed by atoms with Gasteiger partial charge in [-0.1, -0.05) is 65.7 Å². The number of nitrogens with zero attached hydrogens (tertiary/aromatic N) is 1. The van der Waals surface area contributed by atoms with Crippen molar-refractivity contribution in [2.45, 2.75) is 24.7 Å². The van der Waals surface area contributed by atoms with Crippen molar-refractivity contribution in [1.29, 1.82) is 0 Å². The fourth-order valence-corrected chi connectivity index (χ4v) is 5.31. The number of ether oxygens (including phenoxy) is 1. The van der Waals surface area contributed by atoms with E-state index in [0.717, 1.165) is 15.6 Å². The largest absolute Gasteiger partial charge is 0.494 e. The molecule has 3 aromatic carbocycles. The predicted molar refractivity (Wildman–Crippen MR) is 136 cm³/mol. The lowest BCUT2D eigenvalue weighted by Gasteiger charge is -2.25. The minimum absolute atomic E-state index is 0.0476. The zero-order chi connectivity index (χ0) is 24.6. The van der Waals surface area contributed by atoms with E-state index < -0.39 is 22.5 Å². The molecule has 0 aromatic heterocycles. The Morgan fingerprint density at radius 1 is 0.971 bits per heavy atom. The molecular formula is C25H26Cl2N2O4S. The molecule has 9 heteroatoms. The Hall–Kier alpha value is -2.74. The molecule has 0 atom stereocenters. The highest BCUT2D eigenvalue weighted by Gasteiger charge is 2.29. The van der Waals surface area contributed by atoms with E-state index in [2.05, 4.69) is 5.32 Å². The second kappa shape index (κ2) is 12.1. The number of aryl methyl sites for hydroxylation is 1. The maximum atomic E-state index is 13.4. The van der Waals surface area contributed by atoms with Crippen LogP contribution in [0.3, 0.4) is 0 Å². The van der Waals surface area contributed by atoms with Crippen LogP contribution in [0.1, 0.15) is 18.9 Å². The van der Waals surface area contributed by atoms with Crippen LogP contribution >= 0.6 is 23.2 Å². The van der Waals surface area contributed by atoms with Crippen molar-refractivity contribution in [3.05, 3.63) is 88.4 Å². The van der Waals surface area contributed by atoms with Crippen LogP contribution in [0.25, 0.3) is 0 Å². The maximum absolute atomic E-state index is 13.4. The normalized spacial score (nSPS) is 11.1. The molecule has 0 bridgehead atoms. The molecule has 0 aliphatic heterocycles. The molecule has 1 N–H and O–H groups in total. The summed E-state index contributed by atoms with van der Waals surface area (Å²) in [5.41, 5.74) is 1.19. The van der Waals surface area contributed by atoms with Crippen molar-refractivity contribution in [2.24, 2.45) is 0 Å². The Kier molecular flexibility index (Phi) is 9.21. The maximum Gasteiger partial charge on any atom is 0.264 e. The van der Waals surface area contributed by atoms with E-state index in [0.29, 0.717) is 26.0 Å². The summed E-state index contributed by atoms with van der Waals surface area (Å²) in [5.74, 6) is 0.376. The van der Waals surface area contributed by atoms with Crippen molar-refractivity contribution >= 4 is 44.8 Å². The number of rotatable bonds is 11. The van der Waals surface area contributed by atoms with Gasteiger partial charge in [0.25, 0.3) is 10.0 Å². The number of anilines is 1. The number of para-hydroxylation sites is 1. The summed E-state index contributed by atoms with van der Waals surface area (Å²) in [6.07, 6.45) is 1.38. The number of sulfonamides is 1. The average molecular weight is 521 g/mol. The zero-order valence-corrected chi connectivity index (χ0v) is 21.0. The molecule has 0 unspecified atom stereocenters. The summed E-state index contributed by atoms with van der Waals surface area (Å²) in [5, 5.41) is 3.05. The second-order valence-electron chi connectivity index (χ2n) is 7.39. The van der Waals surface area contributed by atoms with E-state index in [1.807, 2.05) is 31.2 Å². The molecule has 3 aromatic rings. The van der Waals surface area contributed by atoms with Crippen LogP contribution in [-0.4, -0.2) is 34.0 Å². The van der Waals surface area contributed by atoms with E-state index in [1.54, 1.807) is 30.3 Å². The predicted octanol–water partition coefficient (Wildman–Crippen LogP) is 5.34. The van der Waals surface area contributed by atoms with Gasteiger partial charge in [-0.2, -0.15) is 0 Å². The number of amides is 1. The molecule has 0 saturated carbocycles. The van der Waals surface area contributed by atoms with Crippen LogP contribution in [0.4, 0.5) is 5.69 Å². The Morgan fingerprint density at radius 2 is 1.68 bits per heavy atom. The van der Waals surface area contributed by atoms with Crippen LogP contribution in [-0.2, 0) is 21.2 Å². The molecule has 0 radical (unpaired) electrons. The summed E-state index contributed by atoms with van der Waals surface area (Å²) < 4.78 is 33.4.